The Morgan fingerprint density at radius 3 is 1.14 bits per heavy atom. The average Bonchev–Trinajstić information content (AvgIpc) is 3.12. The Hall–Kier alpha value is -1.10. The third kappa shape index (κ3) is 24.7. The molecule has 0 atom stereocenters. The van der Waals surface area contributed by atoms with E-state index in [2.05, 4.69) is 17.1 Å². The predicted molar refractivity (Wildman–Crippen MR) is 210 cm³/mol. The first kappa shape index (κ1) is 44.1. The molecule has 0 aromatic rings. The average molecular weight is 689 g/mol. The summed E-state index contributed by atoms with van der Waals surface area (Å²) in [5.74, 6) is 0.0104. The van der Waals surface area contributed by atoms with Crippen LogP contribution in [-0.4, -0.2) is 48.6 Å². The number of nitrogens with zero attached hydrogens (tertiary/aromatic N) is 1. The lowest BCUT2D eigenvalue weighted by Gasteiger charge is -2.41. The molecule has 0 spiro atoms. The van der Waals surface area contributed by atoms with Crippen LogP contribution in [0.2, 0.25) is 0 Å². The lowest BCUT2D eigenvalue weighted by atomic mass is 9.88. The fraction of sp³-hybridized carbons (Fsp3) is 0.955. The molecule has 0 unspecified atom stereocenters. The van der Waals surface area contributed by atoms with Crippen molar-refractivity contribution in [3.8, 4) is 0 Å². The monoisotopic (exact) mass is 689 g/mol. The third-order valence-corrected chi connectivity index (χ3v) is 11.5. The van der Waals surface area contributed by atoms with Gasteiger partial charge in [-0.25, -0.2) is 0 Å². The molecule has 288 valence electrons. The van der Waals surface area contributed by atoms with Gasteiger partial charge >= 0.3 is 0 Å². The minimum absolute atomic E-state index is 0.00557. The van der Waals surface area contributed by atoms with Gasteiger partial charge in [-0.15, -0.1) is 0 Å². The summed E-state index contributed by atoms with van der Waals surface area (Å²) < 4.78 is 5.63. The highest BCUT2D eigenvalue weighted by atomic mass is 16.5. The van der Waals surface area contributed by atoms with Crippen molar-refractivity contribution in [3.63, 3.8) is 0 Å². The number of rotatable bonds is 33. The van der Waals surface area contributed by atoms with E-state index < -0.39 is 0 Å². The molecule has 2 fully saturated rings. The van der Waals surface area contributed by atoms with Crippen LogP contribution < -0.4 is 5.32 Å². The van der Waals surface area contributed by atoms with Gasteiger partial charge in [0.25, 0.3) is 0 Å². The highest BCUT2D eigenvalue weighted by molar-refractivity contribution is 5.80. The molecule has 2 saturated carbocycles. The summed E-state index contributed by atoms with van der Waals surface area (Å²) in [6, 6.07) is 0.750. The van der Waals surface area contributed by atoms with Gasteiger partial charge in [0, 0.05) is 18.6 Å². The molecule has 49 heavy (non-hydrogen) atoms. The normalized spacial score (nSPS) is 15.9. The van der Waals surface area contributed by atoms with Gasteiger partial charge in [0.1, 0.15) is 13.2 Å². The minimum atomic E-state index is -0.0886. The van der Waals surface area contributed by atoms with Crippen LogP contribution in [-0.2, 0) is 14.3 Å². The van der Waals surface area contributed by atoms with E-state index in [1.807, 2.05) is 0 Å². The first-order valence-corrected chi connectivity index (χ1v) is 22.4. The molecule has 2 rings (SSSR count). The molecule has 0 bridgehead atoms. The van der Waals surface area contributed by atoms with Gasteiger partial charge in [-0.3, -0.25) is 9.59 Å². The Bertz CT molecular complexity index is 728. The van der Waals surface area contributed by atoms with Crippen molar-refractivity contribution in [2.24, 2.45) is 0 Å². The first-order valence-electron chi connectivity index (χ1n) is 22.4. The van der Waals surface area contributed by atoms with Crippen LogP contribution in [0, 0.1) is 0 Å². The van der Waals surface area contributed by atoms with Crippen molar-refractivity contribution < 1.29 is 14.3 Å². The first-order chi connectivity index (χ1) is 24.2. The fourth-order valence-electron chi connectivity index (χ4n) is 8.45. The Labute approximate surface area is 305 Å². The van der Waals surface area contributed by atoms with Gasteiger partial charge in [0.2, 0.25) is 11.8 Å². The molecule has 0 aromatic heterocycles. The molecule has 5 heteroatoms. The standard InChI is InChI=1S/C44H84N2O3/c1-2-3-4-5-6-7-8-9-10-11-12-13-14-15-16-17-18-19-20-21-22-23-24-25-26-33-38-45-43(47)39-49-40-44(48)46(41-34-29-27-30-35-41)42-36-31-28-32-37-42/h41-42H,2-40H2,1H3,(H,45,47). The van der Waals surface area contributed by atoms with Crippen LogP contribution in [0.3, 0.4) is 0 Å². The molecule has 0 saturated heterocycles. The maximum atomic E-state index is 13.2. The van der Waals surface area contributed by atoms with Crippen LogP contribution >= 0.6 is 0 Å². The predicted octanol–water partition coefficient (Wildman–Crippen LogP) is 12.8. The summed E-state index contributed by atoms with van der Waals surface area (Å²) >= 11 is 0. The van der Waals surface area contributed by atoms with Gasteiger partial charge in [-0.05, 0) is 32.1 Å². The quantitative estimate of drug-likeness (QED) is 0.0698. The number of ether oxygens (including phenoxy) is 1. The molecular weight excluding hydrogens is 604 g/mol. The number of carbonyl (C=O) groups is 2. The molecule has 0 radical (unpaired) electrons. The van der Waals surface area contributed by atoms with Crippen molar-refractivity contribution in [1.29, 1.82) is 0 Å². The molecular formula is C44H84N2O3. The second-order valence-electron chi connectivity index (χ2n) is 16.1. The highest BCUT2D eigenvalue weighted by Crippen LogP contribution is 2.30. The number of hydrogen-bond donors (Lipinski definition) is 1. The second-order valence-corrected chi connectivity index (χ2v) is 16.1. The zero-order chi connectivity index (χ0) is 34.9. The molecule has 2 aliphatic carbocycles. The van der Waals surface area contributed by atoms with E-state index in [1.165, 1.54) is 199 Å². The molecule has 0 aliphatic heterocycles. The zero-order valence-corrected chi connectivity index (χ0v) is 32.9. The van der Waals surface area contributed by atoms with Crippen molar-refractivity contribution in [2.75, 3.05) is 19.8 Å². The SMILES string of the molecule is CCCCCCCCCCCCCCCCCCCCCCCCCCCCNC(=O)COCC(=O)N(C1CCCCC1)C1CCCCC1. The Morgan fingerprint density at radius 1 is 0.469 bits per heavy atom. The van der Waals surface area contributed by atoms with Crippen LogP contribution in [0.5, 0.6) is 0 Å². The lowest BCUT2D eigenvalue weighted by molar-refractivity contribution is -0.144. The van der Waals surface area contributed by atoms with Crippen molar-refractivity contribution in [1.82, 2.24) is 10.2 Å². The summed E-state index contributed by atoms with van der Waals surface area (Å²) in [6.45, 7) is 3.05. The third-order valence-electron chi connectivity index (χ3n) is 11.5. The van der Waals surface area contributed by atoms with Gasteiger partial charge in [0.15, 0.2) is 0 Å². The summed E-state index contributed by atoms with van der Waals surface area (Å²) in [5, 5.41) is 2.99. The van der Waals surface area contributed by atoms with Crippen LogP contribution in [0.4, 0.5) is 0 Å². The number of hydrogen-bond acceptors (Lipinski definition) is 3. The van der Waals surface area contributed by atoms with E-state index in [4.69, 9.17) is 4.74 Å². The number of amides is 2. The second kappa shape index (κ2) is 32.8. The summed E-state index contributed by atoms with van der Waals surface area (Å²) in [4.78, 5) is 27.6. The van der Waals surface area contributed by atoms with Crippen LogP contribution in [0.15, 0.2) is 0 Å². The zero-order valence-electron chi connectivity index (χ0n) is 32.9. The van der Waals surface area contributed by atoms with Gasteiger partial charge in [0.05, 0.1) is 0 Å². The Kier molecular flexibility index (Phi) is 29.5. The van der Waals surface area contributed by atoms with Crippen LogP contribution in [0.1, 0.15) is 238 Å². The fourth-order valence-corrected chi connectivity index (χ4v) is 8.45. The van der Waals surface area contributed by atoms with Crippen molar-refractivity contribution in [2.45, 2.75) is 250 Å². The largest absolute Gasteiger partial charge is 0.362 e. The molecule has 0 aromatic carbocycles. The summed E-state index contributed by atoms with van der Waals surface area (Å²) in [7, 11) is 0. The minimum Gasteiger partial charge on any atom is -0.362 e. The number of unbranched alkanes of at least 4 members (excludes halogenated alkanes) is 25. The maximum absolute atomic E-state index is 13.2. The molecule has 5 nitrogen and oxygen atoms in total. The van der Waals surface area contributed by atoms with E-state index in [0.29, 0.717) is 18.6 Å². The summed E-state index contributed by atoms with van der Waals surface area (Å²) in [6.07, 6.45) is 48.4. The topological polar surface area (TPSA) is 58.6 Å². The van der Waals surface area contributed by atoms with Crippen molar-refractivity contribution >= 4 is 11.8 Å². The molecule has 1 N–H and O–H groups in total. The Morgan fingerprint density at radius 2 is 0.796 bits per heavy atom. The van der Waals surface area contributed by atoms with E-state index >= 15 is 0 Å². The van der Waals surface area contributed by atoms with E-state index in [9.17, 15) is 9.59 Å². The highest BCUT2D eigenvalue weighted by Gasteiger charge is 2.32. The smallest absolute Gasteiger partial charge is 0.249 e. The van der Waals surface area contributed by atoms with E-state index in [1.54, 1.807) is 0 Å². The lowest BCUT2D eigenvalue weighted by Crippen LogP contribution is -2.50. The number of carbonyl (C=O) groups excluding carboxylic acids is 2. The molecule has 0 heterocycles. The van der Waals surface area contributed by atoms with E-state index in [0.717, 1.165) is 32.1 Å². The van der Waals surface area contributed by atoms with Gasteiger partial charge in [-0.2, -0.15) is 0 Å². The number of nitrogens with one attached hydrogen (secondary N) is 1. The van der Waals surface area contributed by atoms with Gasteiger partial charge < -0.3 is 15.0 Å². The van der Waals surface area contributed by atoms with Crippen LogP contribution in [0.25, 0.3) is 0 Å². The summed E-state index contributed by atoms with van der Waals surface area (Å²) in [5.41, 5.74) is 0. The van der Waals surface area contributed by atoms with Gasteiger partial charge in [-0.1, -0.05) is 206 Å². The van der Waals surface area contributed by atoms with E-state index in [-0.39, 0.29) is 25.0 Å². The van der Waals surface area contributed by atoms with Crippen molar-refractivity contribution in [3.05, 3.63) is 0 Å². The maximum Gasteiger partial charge on any atom is 0.249 e. The molecule has 2 amide bonds. The molecule has 2 aliphatic rings. The Balaban J connectivity index is 1.27.